The number of fused-ring (bicyclic) bond motifs is 1. The Morgan fingerprint density at radius 1 is 0.977 bits per heavy atom. The van der Waals surface area contributed by atoms with Gasteiger partial charge in [-0.05, 0) is 67.3 Å². The Kier molecular flexibility index (Phi) is 8.23. The monoisotopic (exact) mass is 620 g/mol. The molecule has 226 valence electrons. The number of nitrogens with zero attached hydrogens (tertiary/aromatic N) is 3. The first-order valence-electron chi connectivity index (χ1n) is 14.2. The second-order valence-corrected chi connectivity index (χ2v) is 12.3. The lowest BCUT2D eigenvalue weighted by Gasteiger charge is -2.33. The van der Waals surface area contributed by atoms with Crippen LogP contribution in [0.4, 0.5) is 18.9 Å². The molecule has 44 heavy (non-hydrogen) atoms. The molecule has 0 saturated carbocycles. The predicted molar refractivity (Wildman–Crippen MR) is 155 cm³/mol. The number of nitriles is 1. The molecule has 0 bridgehead atoms. The highest BCUT2D eigenvalue weighted by Crippen LogP contribution is 2.37. The first-order chi connectivity index (χ1) is 21.2. The van der Waals surface area contributed by atoms with Gasteiger partial charge in [-0.2, -0.15) is 5.26 Å². The van der Waals surface area contributed by atoms with Crippen LogP contribution in [0.15, 0.2) is 53.4 Å². The van der Waals surface area contributed by atoms with Crippen molar-refractivity contribution in [2.45, 2.75) is 55.0 Å². The molecule has 3 aromatic carbocycles. The van der Waals surface area contributed by atoms with Gasteiger partial charge in [0.05, 0.1) is 28.8 Å². The highest BCUT2D eigenvalue weighted by molar-refractivity contribution is 8.00. The van der Waals surface area contributed by atoms with Crippen LogP contribution in [0.2, 0.25) is 0 Å². The standard InChI is InChI=1S/C32H27F3N4O4S/c33-23-12-18(15-36)4-5-26(23)38-10-8-20(9-11-38)44-30-24(34)13-19(14-25(30)35)17-43-28-3-1-2-21-22(28)16-39(32(21)42)27-6-7-29(40)37-31(27)41/h1-5,12-14,20,27H,6-11,16-17H2,(H,37,40,41)/t27-/m1/s1. The average molecular weight is 621 g/mol. The number of rotatable bonds is 7. The molecule has 8 nitrogen and oxygen atoms in total. The topological polar surface area (TPSA) is 103 Å². The molecule has 2 fully saturated rings. The highest BCUT2D eigenvalue weighted by atomic mass is 32.2. The van der Waals surface area contributed by atoms with Crippen molar-refractivity contribution in [3.8, 4) is 11.8 Å². The number of ether oxygens (including phenoxy) is 1. The Hall–Kier alpha value is -4.50. The van der Waals surface area contributed by atoms with Gasteiger partial charge >= 0.3 is 0 Å². The fourth-order valence-corrected chi connectivity index (χ4v) is 7.00. The van der Waals surface area contributed by atoms with E-state index in [1.165, 1.54) is 23.1 Å². The summed E-state index contributed by atoms with van der Waals surface area (Å²) in [7, 11) is 0. The Morgan fingerprint density at radius 3 is 2.41 bits per heavy atom. The second-order valence-electron chi connectivity index (χ2n) is 10.9. The molecule has 12 heteroatoms. The predicted octanol–water partition coefficient (Wildman–Crippen LogP) is 5.08. The zero-order valence-corrected chi connectivity index (χ0v) is 24.3. The molecule has 0 aromatic heterocycles. The number of hydrogen-bond donors (Lipinski definition) is 1. The summed E-state index contributed by atoms with van der Waals surface area (Å²) in [6.45, 7) is 1.00. The normalized spacial score (nSPS) is 18.7. The average Bonchev–Trinajstić information content (AvgIpc) is 3.34. The summed E-state index contributed by atoms with van der Waals surface area (Å²) >= 11 is 1.13. The minimum Gasteiger partial charge on any atom is -0.489 e. The van der Waals surface area contributed by atoms with E-state index < -0.39 is 29.4 Å². The van der Waals surface area contributed by atoms with Gasteiger partial charge in [-0.1, -0.05) is 6.07 Å². The third-order valence-corrected chi connectivity index (χ3v) is 9.57. The van der Waals surface area contributed by atoms with Crippen LogP contribution in [0.1, 0.15) is 52.7 Å². The van der Waals surface area contributed by atoms with E-state index in [2.05, 4.69) is 5.32 Å². The van der Waals surface area contributed by atoms with E-state index in [1.807, 2.05) is 11.0 Å². The molecule has 3 aromatic rings. The van der Waals surface area contributed by atoms with Crippen LogP contribution in [-0.4, -0.2) is 47.0 Å². The SMILES string of the molecule is N#Cc1ccc(N2CCC(Sc3c(F)cc(COc4cccc5c4CN([C@@H]4CCC(=O)NC4=O)C5=O)cc3F)CC2)c(F)c1. The van der Waals surface area contributed by atoms with Gasteiger partial charge in [-0.15, -0.1) is 11.8 Å². The summed E-state index contributed by atoms with van der Waals surface area (Å²) in [5.41, 5.74) is 1.88. The third-order valence-electron chi connectivity index (χ3n) is 8.14. The molecule has 6 rings (SSSR count). The lowest BCUT2D eigenvalue weighted by molar-refractivity contribution is -0.136. The highest BCUT2D eigenvalue weighted by Gasteiger charge is 2.40. The molecule has 3 aliphatic heterocycles. The molecular weight excluding hydrogens is 593 g/mol. The summed E-state index contributed by atoms with van der Waals surface area (Å²) in [6.07, 6.45) is 1.57. The van der Waals surface area contributed by atoms with E-state index in [0.717, 1.165) is 11.8 Å². The Balaban J connectivity index is 1.08. The summed E-state index contributed by atoms with van der Waals surface area (Å²) < 4.78 is 50.6. The number of amides is 3. The third kappa shape index (κ3) is 5.84. The molecular formula is C32H27F3N4O4S. The molecule has 2 saturated heterocycles. The van der Waals surface area contributed by atoms with Gasteiger partial charge in [0.2, 0.25) is 11.8 Å². The van der Waals surface area contributed by atoms with E-state index in [4.69, 9.17) is 10.00 Å². The zero-order valence-electron chi connectivity index (χ0n) is 23.4. The van der Waals surface area contributed by atoms with Crippen LogP contribution in [0.3, 0.4) is 0 Å². The van der Waals surface area contributed by atoms with Gasteiger partial charge < -0.3 is 14.5 Å². The number of carbonyl (C=O) groups is 3. The van der Waals surface area contributed by atoms with Crippen LogP contribution in [0.5, 0.6) is 5.75 Å². The zero-order chi connectivity index (χ0) is 31.0. The Labute approximate surface area is 255 Å². The number of hydrogen-bond acceptors (Lipinski definition) is 7. The van der Waals surface area contributed by atoms with Gasteiger partial charge in [0.25, 0.3) is 5.91 Å². The van der Waals surface area contributed by atoms with Crippen LogP contribution in [-0.2, 0) is 22.7 Å². The number of carbonyl (C=O) groups excluding carboxylic acids is 3. The number of anilines is 1. The van der Waals surface area contributed by atoms with Gasteiger partial charge in [-0.3, -0.25) is 19.7 Å². The van der Waals surface area contributed by atoms with Crippen molar-refractivity contribution in [1.29, 1.82) is 5.26 Å². The molecule has 0 radical (unpaired) electrons. The van der Waals surface area contributed by atoms with E-state index in [-0.39, 0.29) is 59.1 Å². The first-order valence-corrected chi connectivity index (χ1v) is 15.1. The molecule has 0 unspecified atom stereocenters. The second kappa shape index (κ2) is 12.2. The maximum Gasteiger partial charge on any atom is 0.255 e. The van der Waals surface area contributed by atoms with Crippen molar-refractivity contribution < 1.29 is 32.3 Å². The maximum atomic E-state index is 15.1. The minimum absolute atomic E-state index is 0.0597. The number of imide groups is 1. The number of benzene rings is 3. The molecule has 0 aliphatic carbocycles. The van der Waals surface area contributed by atoms with Gasteiger partial charge in [0, 0.05) is 35.9 Å². The fraction of sp³-hybridized carbons (Fsp3) is 0.312. The van der Waals surface area contributed by atoms with Crippen molar-refractivity contribution in [3.05, 3.63) is 88.2 Å². The first kappa shape index (κ1) is 29.6. The molecule has 1 N–H and O–H groups in total. The van der Waals surface area contributed by atoms with E-state index in [9.17, 15) is 18.8 Å². The molecule has 3 heterocycles. The maximum absolute atomic E-state index is 15.1. The molecule has 1 atom stereocenters. The molecule has 0 spiro atoms. The molecule has 3 aliphatic rings. The minimum atomic E-state index is -0.766. The summed E-state index contributed by atoms with van der Waals surface area (Å²) in [4.78, 5) is 40.1. The van der Waals surface area contributed by atoms with Crippen LogP contribution in [0, 0.1) is 28.8 Å². The number of piperidine rings is 2. The van der Waals surface area contributed by atoms with E-state index >= 15 is 8.78 Å². The van der Waals surface area contributed by atoms with Crippen LogP contribution < -0.4 is 15.0 Å². The fourth-order valence-electron chi connectivity index (χ4n) is 5.88. The Morgan fingerprint density at radius 2 is 1.73 bits per heavy atom. The summed E-state index contributed by atoms with van der Waals surface area (Å²) in [6, 6.07) is 12.9. The quantitative estimate of drug-likeness (QED) is 0.368. The Bertz CT molecular complexity index is 1680. The van der Waals surface area contributed by atoms with Crippen molar-refractivity contribution >= 4 is 35.2 Å². The van der Waals surface area contributed by atoms with E-state index in [1.54, 1.807) is 30.3 Å². The van der Waals surface area contributed by atoms with Gasteiger partial charge in [-0.25, -0.2) is 13.2 Å². The van der Waals surface area contributed by atoms with Crippen LogP contribution in [0.25, 0.3) is 0 Å². The van der Waals surface area contributed by atoms with Gasteiger partial charge in [0.15, 0.2) is 0 Å². The van der Waals surface area contributed by atoms with Crippen molar-refractivity contribution in [1.82, 2.24) is 10.2 Å². The number of halogens is 3. The van der Waals surface area contributed by atoms with Crippen molar-refractivity contribution in [3.63, 3.8) is 0 Å². The van der Waals surface area contributed by atoms with Crippen LogP contribution >= 0.6 is 11.8 Å². The largest absolute Gasteiger partial charge is 0.489 e. The van der Waals surface area contributed by atoms with E-state index in [0.29, 0.717) is 48.5 Å². The summed E-state index contributed by atoms with van der Waals surface area (Å²) in [5.74, 6) is -2.73. The number of thioether (sulfide) groups is 1. The number of nitrogens with one attached hydrogen (secondary N) is 1. The molecule has 3 amide bonds. The lowest BCUT2D eigenvalue weighted by atomic mass is 10.0. The van der Waals surface area contributed by atoms with Crippen molar-refractivity contribution in [2.24, 2.45) is 0 Å². The summed E-state index contributed by atoms with van der Waals surface area (Å²) in [5, 5.41) is 11.2. The van der Waals surface area contributed by atoms with Crippen molar-refractivity contribution in [2.75, 3.05) is 18.0 Å². The van der Waals surface area contributed by atoms with Gasteiger partial charge in [0.1, 0.15) is 35.8 Å². The lowest BCUT2D eigenvalue weighted by Crippen LogP contribution is -2.52. The smallest absolute Gasteiger partial charge is 0.255 e.